The number of aliphatic carboxylic acids is 1. The van der Waals surface area contributed by atoms with E-state index in [9.17, 15) is 4.79 Å². The quantitative estimate of drug-likeness (QED) is 0.893. The molecule has 0 radical (unpaired) electrons. The van der Waals surface area contributed by atoms with Gasteiger partial charge in [0.05, 0.1) is 6.42 Å². The lowest BCUT2D eigenvalue weighted by Gasteiger charge is -2.35. The molecule has 0 spiro atoms. The number of carboxylic acid groups (broad SMARTS) is 1. The third-order valence-electron chi connectivity index (χ3n) is 3.76. The fourth-order valence-corrected chi connectivity index (χ4v) is 2.88. The number of carbonyl (C=O) groups is 1. The standard InChI is InChI=1S/C15H21NO2/c1-15(2,10-13(17)18)12-8-4-6-11-7-5-9-16(3)14(11)12/h4,6,8H,5,7,9-10H2,1-3H3,(H,17,18). The van der Waals surface area contributed by atoms with Gasteiger partial charge in [-0.3, -0.25) is 4.79 Å². The number of hydrogen-bond donors (Lipinski definition) is 1. The monoisotopic (exact) mass is 247 g/mol. The predicted molar refractivity (Wildman–Crippen MR) is 73.3 cm³/mol. The van der Waals surface area contributed by atoms with Gasteiger partial charge in [-0.15, -0.1) is 0 Å². The maximum atomic E-state index is 11.0. The summed E-state index contributed by atoms with van der Waals surface area (Å²) < 4.78 is 0. The van der Waals surface area contributed by atoms with Crippen molar-refractivity contribution in [2.45, 2.75) is 38.5 Å². The van der Waals surface area contributed by atoms with Crippen LogP contribution in [0.4, 0.5) is 5.69 Å². The number of benzene rings is 1. The van der Waals surface area contributed by atoms with Gasteiger partial charge in [0.2, 0.25) is 0 Å². The summed E-state index contributed by atoms with van der Waals surface area (Å²) in [6.45, 7) is 5.07. The molecule has 1 heterocycles. The molecule has 1 aliphatic rings. The Bertz CT molecular complexity index is 466. The first-order valence-electron chi connectivity index (χ1n) is 6.47. The van der Waals surface area contributed by atoms with E-state index in [1.165, 1.54) is 17.7 Å². The van der Waals surface area contributed by atoms with Crippen molar-refractivity contribution < 1.29 is 9.90 Å². The van der Waals surface area contributed by atoms with E-state index in [4.69, 9.17) is 5.11 Å². The number of para-hydroxylation sites is 1. The summed E-state index contributed by atoms with van der Waals surface area (Å²) in [6, 6.07) is 6.28. The van der Waals surface area contributed by atoms with Crippen LogP contribution in [0.25, 0.3) is 0 Å². The van der Waals surface area contributed by atoms with E-state index in [2.05, 4.69) is 30.1 Å². The highest BCUT2D eigenvalue weighted by molar-refractivity contribution is 5.71. The van der Waals surface area contributed by atoms with Gasteiger partial charge < -0.3 is 10.0 Å². The summed E-state index contributed by atoms with van der Waals surface area (Å²) in [5, 5.41) is 9.07. The molecule has 18 heavy (non-hydrogen) atoms. The van der Waals surface area contributed by atoms with Gasteiger partial charge >= 0.3 is 5.97 Å². The SMILES string of the molecule is CN1CCCc2cccc(C(C)(C)CC(=O)O)c21. The number of fused-ring (bicyclic) bond motifs is 1. The van der Waals surface area contributed by atoms with Gasteiger partial charge in [-0.05, 0) is 24.0 Å². The smallest absolute Gasteiger partial charge is 0.304 e. The summed E-state index contributed by atoms with van der Waals surface area (Å²) in [7, 11) is 2.10. The number of hydrogen-bond acceptors (Lipinski definition) is 2. The molecule has 1 aliphatic heterocycles. The zero-order valence-electron chi connectivity index (χ0n) is 11.4. The molecule has 0 saturated heterocycles. The molecule has 2 rings (SSSR count). The zero-order chi connectivity index (χ0) is 13.3. The molecule has 0 aliphatic carbocycles. The summed E-state index contributed by atoms with van der Waals surface area (Å²) >= 11 is 0. The Morgan fingerprint density at radius 2 is 2.17 bits per heavy atom. The van der Waals surface area contributed by atoms with Gasteiger partial charge in [0.1, 0.15) is 0 Å². The Morgan fingerprint density at radius 1 is 1.44 bits per heavy atom. The molecule has 0 aromatic heterocycles. The van der Waals surface area contributed by atoms with Crippen molar-refractivity contribution in [3.05, 3.63) is 29.3 Å². The summed E-state index contributed by atoms with van der Waals surface area (Å²) in [6.07, 6.45) is 2.43. The van der Waals surface area contributed by atoms with E-state index in [1.54, 1.807) is 0 Å². The maximum Gasteiger partial charge on any atom is 0.304 e. The fourth-order valence-electron chi connectivity index (χ4n) is 2.88. The van der Waals surface area contributed by atoms with Crippen LogP contribution < -0.4 is 4.90 Å². The lowest BCUT2D eigenvalue weighted by Crippen LogP contribution is -2.30. The fraction of sp³-hybridized carbons (Fsp3) is 0.533. The highest BCUT2D eigenvalue weighted by Crippen LogP contribution is 2.38. The Kier molecular flexibility index (Phi) is 3.33. The van der Waals surface area contributed by atoms with Crippen LogP contribution in [0.5, 0.6) is 0 Å². The minimum absolute atomic E-state index is 0.164. The van der Waals surface area contributed by atoms with Crippen molar-refractivity contribution in [2.24, 2.45) is 0 Å². The highest BCUT2D eigenvalue weighted by atomic mass is 16.4. The van der Waals surface area contributed by atoms with E-state index in [0.717, 1.165) is 18.5 Å². The Labute approximate surface area is 108 Å². The second kappa shape index (κ2) is 4.63. The van der Waals surface area contributed by atoms with E-state index in [0.29, 0.717) is 0 Å². The second-order valence-corrected chi connectivity index (χ2v) is 5.79. The predicted octanol–water partition coefficient (Wildman–Crippen LogP) is 2.82. The molecular weight excluding hydrogens is 226 g/mol. The number of aryl methyl sites for hydroxylation is 1. The number of rotatable bonds is 3. The van der Waals surface area contributed by atoms with Gasteiger partial charge in [0, 0.05) is 24.7 Å². The number of nitrogens with zero attached hydrogens (tertiary/aromatic N) is 1. The number of carboxylic acids is 1. The van der Waals surface area contributed by atoms with E-state index < -0.39 is 5.97 Å². The van der Waals surface area contributed by atoms with Crippen LogP contribution in [0.1, 0.15) is 37.8 Å². The van der Waals surface area contributed by atoms with Crippen molar-refractivity contribution >= 4 is 11.7 Å². The molecule has 0 saturated carbocycles. The van der Waals surface area contributed by atoms with Crippen LogP contribution in [0.15, 0.2) is 18.2 Å². The Balaban J connectivity index is 2.48. The molecule has 98 valence electrons. The molecule has 0 amide bonds. The van der Waals surface area contributed by atoms with Crippen LogP contribution >= 0.6 is 0 Å². The van der Waals surface area contributed by atoms with Crippen LogP contribution in [0, 0.1) is 0 Å². The molecule has 0 fully saturated rings. The minimum atomic E-state index is -0.740. The average Bonchev–Trinajstić information content (AvgIpc) is 2.27. The molecule has 3 nitrogen and oxygen atoms in total. The summed E-state index contributed by atoms with van der Waals surface area (Å²) in [4.78, 5) is 13.3. The van der Waals surface area contributed by atoms with E-state index in [1.807, 2.05) is 13.8 Å². The highest BCUT2D eigenvalue weighted by Gasteiger charge is 2.29. The first kappa shape index (κ1) is 12.9. The van der Waals surface area contributed by atoms with Crippen LogP contribution in [0.3, 0.4) is 0 Å². The van der Waals surface area contributed by atoms with Crippen molar-refractivity contribution in [2.75, 3.05) is 18.5 Å². The van der Waals surface area contributed by atoms with Crippen molar-refractivity contribution in [3.63, 3.8) is 0 Å². The minimum Gasteiger partial charge on any atom is -0.481 e. The van der Waals surface area contributed by atoms with Crippen molar-refractivity contribution in [3.8, 4) is 0 Å². The molecule has 1 aromatic rings. The summed E-state index contributed by atoms with van der Waals surface area (Å²) in [5.74, 6) is -0.740. The molecule has 1 aromatic carbocycles. The van der Waals surface area contributed by atoms with Gasteiger partial charge in [-0.25, -0.2) is 0 Å². The van der Waals surface area contributed by atoms with E-state index in [-0.39, 0.29) is 11.8 Å². The normalized spacial score (nSPS) is 15.4. The zero-order valence-corrected chi connectivity index (χ0v) is 11.4. The van der Waals surface area contributed by atoms with Gasteiger partial charge in [-0.2, -0.15) is 0 Å². The van der Waals surface area contributed by atoms with Crippen molar-refractivity contribution in [1.29, 1.82) is 0 Å². The second-order valence-electron chi connectivity index (χ2n) is 5.79. The van der Waals surface area contributed by atoms with E-state index >= 15 is 0 Å². The topological polar surface area (TPSA) is 40.5 Å². The molecule has 0 atom stereocenters. The van der Waals surface area contributed by atoms with Crippen LogP contribution in [0.2, 0.25) is 0 Å². The Morgan fingerprint density at radius 3 is 2.83 bits per heavy atom. The molecule has 0 bridgehead atoms. The van der Waals surface area contributed by atoms with Gasteiger partial charge in [0.15, 0.2) is 0 Å². The molecule has 3 heteroatoms. The van der Waals surface area contributed by atoms with Gasteiger partial charge in [0.25, 0.3) is 0 Å². The lowest BCUT2D eigenvalue weighted by molar-refractivity contribution is -0.138. The van der Waals surface area contributed by atoms with Crippen LogP contribution in [-0.2, 0) is 16.6 Å². The molecule has 1 N–H and O–H groups in total. The first-order chi connectivity index (χ1) is 8.42. The van der Waals surface area contributed by atoms with Crippen LogP contribution in [-0.4, -0.2) is 24.7 Å². The van der Waals surface area contributed by atoms with Crippen molar-refractivity contribution in [1.82, 2.24) is 0 Å². The summed E-state index contributed by atoms with van der Waals surface area (Å²) in [5.41, 5.74) is 3.42. The molecule has 0 unspecified atom stereocenters. The largest absolute Gasteiger partial charge is 0.481 e. The third-order valence-corrected chi connectivity index (χ3v) is 3.76. The van der Waals surface area contributed by atoms with Gasteiger partial charge in [-0.1, -0.05) is 32.0 Å². The maximum absolute atomic E-state index is 11.0. The molecular formula is C15H21NO2. The Hall–Kier alpha value is -1.51. The first-order valence-corrected chi connectivity index (χ1v) is 6.47. The average molecular weight is 247 g/mol. The number of anilines is 1. The third kappa shape index (κ3) is 2.35. The lowest BCUT2D eigenvalue weighted by atomic mass is 9.78.